The normalized spacial score (nSPS) is 11.9. The Labute approximate surface area is 167 Å². The number of rotatable bonds is 7. The van der Waals surface area contributed by atoms with Crippen molar-refractivity contribution in [1.82, 2.24) is 19.6 Å². The van der Waals surface area contributed by atoms with E-state index in [1.807, 2.05) is 24.3 Å². The molecule has 1 unspecified atom stereocenters. The highest BCUT2D eigenvalue weighted by Gasteiger charge is 2.27. The van der Waals surface area contributed by atoms with Crippen molar-refractivity contribution in [3.05, 3.63) is 63.7 Å². The minimum atomic E-state index is -0.718. The highest BCUT2D eigenvalue weighted by Crippen LogP contribution is 2.25. The van der Waals surface area contributed by atoms with Crippen molar-refractivity contribution in [2.75, 3.05) is 12.4 Å². The van der Waals surface area contributed by atoms with E-state index < -0.39 is 11.0 Å². The highest BCUT2D eigenvalue weighted by atomic mass is 16.6. The fourth-order valence-electron chi connectivity index (χ4n) is 3.13. The Balaban J connectivity index is 1.70. The number of aromatic nitrogens is 4. The van der Waals surface area contributed by atoms with Gasteiger partial charge in [-0.3, -0.25) is 24.3 Å². The Morgan fingerprint density at radius 1 is 1.38 bits per heavy atom. The maximum Gasteiger partial charge on any atom is 0.312 e. The van der Waals surface area contributed by atoms with E-state index in [0.29, 0.717) is 17.9 Å². The van der Waals surface area contributed by atoms with Crippen LogP contribution < -0.4 is 10.1 Å². The van der Waals surface area contributed by atoms with E-state index in [2.05, 4.69) is 15.5 Å². The van der Waals surface area contributed by atoms with Gasteiger partial charge in [0, 0.05) is 6.20 Å². The van der Waals surface area contributed by atoms with Crippen molar-refractivity contribution in [3.63, 3.8) is 0 Å². The zero-order valence-corrected chi connectivity index (χ0v) is 16.6. The summed E-state index contributed by atoms with van der Waals surface area (Å²) in [5, 5.41) is 22.4. The quantitative estimate of drug-likeness (QED) is 0.483. The number of nitrogens with zero attached hydrogens (tertiary/aromatic N) is 5. The van der Waals surface area contributed by atoms with E-state index in [1.54, 1.807) is 45.0 Å². The smallest absolute Gasteiger partial charge is 0.312 e. The van der Waals surface area contributed by atoms with Crippen molar-refractivity contribution in [2.24, 2.45) is 0 Å². The molecule has 0 aliphatic carbocycles. The zero-order chi connectivity index (χ0) is 21.1. The second-order valence-corrected chi connectivity index (χ2v) is 6.66. The predicted molar refractivity (Wildman–Crippen MR) is 106 cm³/mol. The first-order valence-corrected chi connectivity index (χ1v) is 8.96. The third-order valence-corrected chi connectivity index (χ3v) is 4.60. The average molecular weight is 398 g/mol. The number of hydrogen-bond acceptors (Lipinski definition) is 6. The first-order chi connectivity index (χ1) is 13.8. The van der Waals surface area contributed by atoms with Crippen LogP contribution in [0.3, 0.4) is 0 Å². The molecule has 10 heteroatoms. The number of aryl methyl sites for hydroxylation is 1. The number of nitro groups is 1. The van der Waals surface area contributed by atoms with Crippen LogP contribution in [0, 0.1) is 24.0 Å². The van der Waals surface area contributed by atoms with Gasteiger partial charge in [-0.2, -0.15) is 10.2 Å². The number of ether oxygens (including phenoxy) is 1. The lowest BCUT2D eigenvalue weighted by Crippen LogP contribution is -2.25. The molecule has 3 aromatic rings. The van der Waals surface area contributed by atoms with Gasteiger partial charge in [0.1, 0.15) is 23.2 Å². The Kier molecular flexibility index (Phi) is 5.62. The molecule has 0 aliphatic rings. The predicted octanol–water partition coefficient (Wildman–Crippen LogP) is 2.86. The van der Waals surface area contributed by atoms with E-state index in [9.17, 15) is 14.9 Å². The third-order valence-electron chi connectivity index (χ3n) is 4.60. The molecule has 10 nitrogen and oxygen atoms in total. The second-order valence-electron chi connectivity index (χ2n) is 6.66. The molecule has 2 aromatic heterocycles. The third kappa shape index (κ3) is 4.26. The van der Waals surface area contributed by atoms with Gasteiger partial charge >= 0.3 is 5.69 Å². The maximum absolute atomic E-state index is 12.6. The van der Waals surface area contributed by atoms with E-state index >= 15 is 0 Å². The van der Waals surface area contributed by atoms with Crippen LogP contribution >= 0.6 is 0 Å². The van der Waals surface area contributed by atoms with Crippen molar-refractivity contribution in [3.8, 4) is 5.75 Å². The van der Waals surface area contributed by atoms with Crippen molar-refractivity contribution in [1.29, 1.82) is 0 Å². The molecule has 0 bridgehead atoms. The van der Waals surface area contributed by atoms with Gasteiger partial charge in [0.25, 0.3) is 0 Å². The number of benzene rings is 1. The zero-order valence-electron chi connectivity index (χ0n) is 16.6. The molecule has 152 valence electrons. The monoisotopic (exact) mass is 398 g/mol. The summed E-state index contributed by atoms with van der Waals surface area (Å²) in [4.78, 5) is 23.3. The first kappa shape index (κ1) is 20.1. The van der Waals surface area contributed by atoms with Gasteiger partial charge in [-0.15, -0.1) is 0 Å². The molecule has 1 N–H and O–H groups in total. The molecule has 1 atom stereocenters. The number of carbonyl (C=O) groups excluding carboxylic acids is 1. The van der Waals surface area contributed by atoms with E-state index in [0.717, 1.165) is 11.3 Å². The lowest BCUT2D eigenvalue weighted by atomic mass is 10.2. The summed E-state index contributed by atoms with van der Waals surface area (Å²) in [6, 6.07) is 6.92. The summed E-state index contributed by atoms with van der Waals surface area (Å²) >= 11 is 0. The molecule has 3 rings (SSSR count). The summed E-state index contributed by atoms with van der Waals surface area (Å²) < 4.78 is 8.28. The lowest BCUT2D eigenvalue weighted by Gasteiger charge is -2.13. The number of anilines is 1. The second kappa shape index (κ2) is 8.13. The maximum atomic E-state index is 12.6. The molecule has 29 heavy (non-hydrogen) atoms. The van der Waals surface area contributed by atoms with Crippen molar-refractivity contribution < 1.29 is 14.5 Å². The Morgan fingerprint density at radius 2 is 2.14 bits per heavy atom. The van der Waals surface area contributed by atoms with Gasteiger partial charge in [0.15, 0.2) is 0 Å². The molecule has 1 amide bonds. The molecule has 0 radical (unpaired) electrons. The van der Waals surface area contributed by atoms with Gasteiger partial charge in [-0.1, -0.05) is 12.1 Å². The van der Waals surface area contributed by atoms with Gasteiger partial charge in [0.2, 0.25) is 5.91 Å². The van der Waals surface area contributed by atoms with Gasteiger partial charge < -0.3 is 10.1 Å². The van der Waals surface area contributed by atoms with E-state index in [4.69, 9.17) is 4.74 Å². The van der Waals surface area contributed by atoms with Gasteiger partial charge in [-0.25, -0.2) is 0 Å². The van der Waals surface area contributed by atoms with Crippen LogP contribution in [-0.2, 0) is 11.3 Å². The topological polar surface area (TPSA) is 117 Å². The van der Waals surface area contributed by atoms with Crippen LogP contribution in [0.5, 0.6) is 5.75 Å². The Hall–Kier alpha value is -3.69. The SMILES string of the molecule is COc1cccc(Cn2cc(NC(=O)C(C)n3nc(C)c([N+](=O)[O-])c3C)cn2)c1. The van der Waals surface area contributed by atoms with Crippen LogP contribution in [0.1, 0.15) is 29.9 Å². The summed E-state index contributed by atoms with van der Waals surface area (Å²) in [6.07, 6.45) is 3.27. The highest BCUT2D eigenvalue weighted by molar-refractivity contribution is 5.93. The standard InChI is InChI=1S/C19H22N6O4/c1-12-18(25(27)28)13(2)24(22-12)14(3)19(26)21-16-9-20-23(11-16)10-15-6-5-7-17(8-15)29-4/h5-9,11,14H,10H2,1-4H3,(H,21,26). The summed E-state index contributed by atoms with van der Waals surface area (Å²) in [6.45, 7) is 5.29. The molecule has 0 aliphatic heterocycles. The molecular formula is C19H22N6O4. The lowest BCUT2D eigenvalue weighted by molar-refractivity contribution is -0.386. The minimum Gasteiger partial charge on any atom is -0.497 e. The molecule has 0 fully saturated rings. The summed E-state index contributed by atoms with van der Waals surface area (Å²) in [7, 11) is 1.61. The van der Waals surface area contributed by atoms with Gasteiger partial charge in [0.05, 0.1) is 30.5 Å². The number of carbonyl (C=O) groups is 1. The van der Waals surface area contributed by atoms with E-state index in [-0.39, 0.29) is 17.3 Å². The van der Waals surface area contributed by atoms with Crippen LogP contribution in [0.15, 0.2) is 36.7 Å². The molecule has 1 aromatic carbocycles. The van der Waals surface area contributed by atoms with Gasteiger partial charge in [-0.05, 0) is 38.5 Å². The summed E-state index contributed by atoms with van der Waals surface area (Å²) in [5.41, 5.74) is 2.08. The van der Waals surface area contributed by atoms with Crippen molar-refractivity contribution in [2.45, 2.75) is 33.4 Å². The van der Waals surface area contributed by atoms with Crippen molar-refractivity contribution >= 4 is 17.3 Å². The number of methoxy groups -OCH3 is 1. The van der Waals surface area contributed by atoms with Crippen LogP contribution in [0.25, 0.3) is 0 Å². The Bertz CT molecular complexity index is 1050. The molecule has 0 spiro atoms. The Morgan fingerprint density at radius 3 is 2.79 bits per heavy atom. The fraction of sp³-hybridized carbons (Fsp3) is 0.316. The number of nitrogens with one attached hydrogen (secondary N) is 1. The van der Waals surface area contributed by atoms with Crippen LogP contribution in [0.4, 0.5) is 11.4 Å². The summed E-state index contributed by atoms with van der Waals surface area (Å²) in [5.74, 6) is 0.419. The van der Waals surface area contributed by atoms with Crippen LogP contribution in [-0.4, -0.2) is 37.5 Å². The largest absolute Gasteiger partial charge is 0.497 e. The first-order valence-electron chi connectivity index (χ1n) is 8.96. The molecule has 0 saturated carbocycles. The minimum absolute atomic E-state index is 0.0734. The van der Waals surface area contributed by atoms with E-state index in [1.165, 1.54) is 4.68 Å². The molecular weight excluding hydrogens is 376 g/mol. The number of amides is 1. The fourth-order valence-corrected chi connectivity index (χ4v) is 3.13. The average Bonchev–Trinajstić information content (AvgIpc) is 3.24. The molecule has 0 saturated heterocycles. The molecule has 2 heterocycles. The van der Waals surface area contributed by atoms with Crippen LogP contribution in [0.2, 0.25) is 0 Å². The number of hydrogen-bond donors (Lipinski definition) is 1.